The monoisotopic (exact) mass is 606 g/mol. The maximum absolute atomic E-state index is 14.0. The first-order valence-electron chi connectivity index (χ1n) is 14.9. The largest absolute Gasteiger partial charge is 0.444 e. The number of rotatable bonds is 9. The molecule has 0 bridgehead atoms. The van der Waals surface area contributed by atoms with Gasteiger partial charge in [0.2, 0.25) is 5.91 Å². The fourth-order valence-electron chi connectivity index (χ4n) is 5.86. The quantitative estimate of drug-likeness (QED) is 0.192. The maximum Gasteiger partial charge on any atom is 0.410 e. The van der Waals surface area contributed by atoms with E-state index in [4.69, 9.17) is 22.8 Å². The third kappa shape index (κ3) is 8.07. The van der Waals surface area contributed by atoms with E-state index in [1.807, 2.05) is 50.6 Å². The first-order chi connectivity index (χ1) is 20.7. The van der Waals surface area contributed by atoms with Crippen molar-refractivity contribution in [3.05, 3.63) is 64.8 Å². The first kappa shape index (κ1) is 32.3. The van der Waals surface area contributed by atoms with E-state index in [0.717, 1.165) is 41.7 Å². The number of alkyl halides is 1. The van der Waals surface area contributed by atoms with E-state index < -0.39 is 17.7 Å². The Bertz CT molecular complexity index is 1370. The Labute approximate surface area is 260 Å². The molecule has 2 heterocycles. The molecule has 1 fully saturated rings. The molecule has 1 aliphatic heterocycles. The van der Waals surface area contributed by atoms with Gasteiger partial charge in [0.15, 0.2) is 0 Å². The zero-order valence-electron chi connectivity index (χ0n) is 25.7. The van der Waals surface area contributed by atoms with Gasteiger partial charge >= 0.3 is 6.09 Å². The summed E-state index contributed by atoms with van der Waals surface area (Å²) >= 11 is 6.54. The molecular formula is C33H43ClN6O3. The number of aliphatic imine (C=N–C) groups is 1. The number of amides is 2. The number of carbonyl (C=O) groups excluding carboxylic acids is 2. The van der Waals surface area contributed by atoms with Gasteiger partial charge in [-0.05, 0) is 75.4 Å². The van der Waals surface area contributed by atoms with Crippen LogP contribution in [0, 0.1) is 12.3 Å². The molecule has 0 unspecified atom stereocenters. The summed E-state index contributed by atoms with van der Waals surface area (Å²) in [7, 11) is 0. The third-order valence-corrected chi connectivity index (χ3v) is 8.13. The van der Waals surface area contributed by atoms with Gasteiger partial charge in [0.05, 0.1) is 18.9 Å². The van der Waals surface area contributed by atoms with Crippen molar-refractivity contribution in [1.29, 1.82) is 0 Å². The number of ether oxygens (including phenoxy) is 1. The van der Waals surface area contributed by atoms with Crippen molar-refractivity contribution in [3.8, 4) is 12.3 Å². The Morgan fingerprint density at radius 1 is 1.28 bits per heavy atom. The van der Waals surface area contributed by atoms with Crippen molar-refractivity contribution >= 4 is 29.8 Å². The summed E-state index contributed by atoms with van der Waals surface area (Å²) in [6, 6.07) is 5.24. The highest BCUT2D eigenvalue weighted by Crippen LogP contribution is 2.41. The van der Waals surface area contributed by atoms with Crippen molar-refractivity contribution in [2.45, 2.75) is 77.1 Å². The van der Waals surface area contributed by atoms with Crippen LogP contribution in [0.15, 0.2) is 53.1 Å². The third-order valence-electron chi connectivity index (χ3n) is 7.84. The van der Waals surface area contributed by atoms with Crippen molar-refractivity contribution in [1.82, 2.24) is 24.7 Å². The predicted octanol–water partition coefficient (Wildman–Crippen LogP) is 4.76. The Kier molecular flexibility index (Phi) is 11.1. The van der Waals surface area contributed by atoms with Crippen LogP contribution in [0.3, 0.4) is 0 Å². The number of aryl methyl sites for hydroxylation is 2. The minimum atomic E-state index is -0.648. The van der Waals surface area contributed by atoms with E-state index in [1.165, 1.54) is 5.56 Å². The number of fused-ring (bicyclic) bond motifs is 1. The van der Waals surface area contributed by atoms with Crippen LogP contribution in [0.25, 0.3) is 0 Å². The number of allylic oxidation sites excluding steroid dienone is 1. The second-order valence-electron chi connectivity index (χ2n) is 11.9. The standard InChI is InChI=1S/C33H43ClN6O3/c1-6-24-12-13-25-10-8-11-26(20-34)29(25)30(27(24)21-35-7-2)40-19-18-39(32(42)43-33(3,4)5)22-28(40)31(41)37-14-9-16-38-17-15-36-23-38/h1,7-8,10-11,15,17,23,28,30H,9,12-14,16,18-22H2,2-5H3,(H,37,41)/t28-,30+/m1/s1. The smallest absolute Gasteiger partial charge is 0.410 e. The Morgan fingerprint density at radius 3 is 2.77 bits per heavy atom. The first-order valence-corrected chi connectivity index (χ1v) is 15.5. The van der Waals surface area contributed by atoms with E-state index in [2.05, 4.69) is 32.2 Å². The van der Waals surface area contributed by atoms with Gasteiger partial charge in [-0.1, -0.05) is 24.1 Å². The van der Waals surface area contributed by atoms with Gasteiger partial charge in [-0.2, -0.15) is 0 Å². The molecule has 230 valence electrons. The summed E-state index contributed by atoms with van der Waals surface area (Å²) in [5, 5.41) is 3.14. The SMILES string of the molecule is C#CC1=C(CN=CC)[C@H](N2CCN(C(=O)OC(C)(C)C)C[C@@H]2C(=O)NCCCn2ccnc2)c2c(CCl)cccc2CC1. The summed E-state index contributed by atoms with van der Waals surface area (Å²) in [6.07, 6.45) is 15.1. The number of imidazole rings is 1. The summed E-state index contributed by atoms with van der Waals surface area (Å²) in [6.45, 7) is 10.1. The highest BCUT2D eigenvalue weighted by Gasteiger charge is 2.42. The molecule has 2 aromatic rings. The normalized spacial score (nSPS) is 19.6. The zero-order valence-corrected chi connectivity index (χ0v) is 26.4. The maximum atomic E-state index is 14.0. The van der Waals surface area contributed by atoms with E-state index in [9.17, 15) is 9.59 Å². The van der Waals surface area contributed by atoms with Crippen LogP contribution in [0.4, 0.5) is 4.79 Å². The molecule has 43 heavy (non-hydrogen) atoms. The number of hydrogen-bond acceptors (Lipinski definition) is 6. The second-order valence-corrected chi connectivity index (χ2v) is 12.2. The molecule has 1 N–H and O–H groups in total. The number of benzene rings is 1. The summed E-state index contributed by atoms with van der Waals surface area (Å²) in [5.41, 5.74) is 4.52. The van der Waals surface area contributed by atoms with E-state index in [-0.39, 0.29) is 18.5 Å². The molecular weight excluding hydrogens is 564 g/mol. The zero-order chi connectivity index (χ0) is 31.0. The number of hydrogen-bond donors (Lipinski definition) is 1. The molecule has 0 spiro atoms. The summed E-state index contributed by atoms with van der Waals surface area (Å²) in [5.74, 6) is 3.14. The van der Waals surface area contributed by atoms with E-state index >= 15 is 0 Å². The molecule has 1 aromatic carbocycles. The molecule has 2 aliphatic rings. The van der Waals surface area contributed by atoms with Crippen molar-refractivity contribution < 1.29 is 14.3 Å². The number of nitrogens with one attached hydrogen (secondary N) is 1. The van der Waals surface area contributed by atoms with E-state index in [1.54, 1.807) is 23.6 Å². The van der Waals surface area contributed by atoms with Crippen molar-refractivity contribution in [3.63, 3.8) is 0 Å². The Balaban J connectivity index is 1.72. The lowest BCUT2D eigenvalue weighted by molar-refractivity contribution is -0.129. The highest BCUT2D eigenvalue weighted by atomic mass is 35.5. The Hall–Kier alpha value is -3.61. The lowest BCUT2D eigenvalue weighted by Gasteiger charge is -2.45. The molecule has 1 aliphatic carbocycles. The second kappa shape index (κ2) is 14.7. The van der Waals surface area contributed by atoms with Crippen LogP contribution in [-0.4, -0.2) is 81.9 Å². The molecule has 10 heteroatoms. The highest BCUT2D eigenvalue weighted by molar-refractivity contribution is 6.17. The predicted molar refractivity (Wildman–Crippen MR) is 170 cm³/mol. The van der Waals surface area contributed by atoms with Gasteiger partial charge in [-0.3, -0.25) is 14.7 Å². The van der Waals surface area contributed by atoms with Crippen molar-refractivity contribution in [2.75, 3.05) is 32.7 Å². The average molecular weight is 607 g/mol. The fraction of sp³-hybridized carbons (Fsp3) is 0.515. The molecule has 1 saturated heterocycles. The molecule has 9 nitrogen and oxygen atoms in total. The summed E-state index contributed by atoms with van der Waals surface area (Å²) in [4.78, 5) is 39.8. The van der Waals surface area contributed by atoms with Crippen LogP contribution in [0.5, 0.6) is 0 Å². The Morgan fingerprint density at radius 2 is 2.09 bits per heavy atom. The van der Waals surface area contributed by atoms with Gasteiger partial charge in [-0.15, -0.1) is 18.0 Å². The fourth-order valence-corrected chi connectivity index (χ4v) is 6.09. The average Bonchev–Trinajstić information content (AvgIpc) is 3.45. The molecule has 2 amide bonds. The molecule has 2 atom stereocenters. The minimum Gasteiger partial charge on any atom is -0.444 e. The van der Waals surface area contributed by atoms with Crippen LogP contribution < -0.4 is 5.32 Å². The topological polar surface area (TPSA) is 92.1 Å². The lowest BCUT2D eigenvalue weighted by atomic mass is 9.87. The van der Waals surface area contributed by atoms with Gasteiger partial charge in [0, 0.05) is 56.6 Å². The van der Waals surface area contributed by atoms with Gasteiger partial charge in [-0.25, -0.2) is 9.78 Å². The summed E-state index contributed by atoms with van der Waals surface area (Å²) < 4.78 is 7.68. The van der Waals surface area contributed by atoms with Crippen LogP contribution in [-0.2, 0) is 28.4 Å². The molecule has 4 rings (SSSR count). The minimum absolute atomic E-state index is 0.145. The number of aromatic nitrogens is 2. The van der Waals surface area contributed by atoms with Gasteiger partial charge in [0.1, 0.15) is 11.6 Å². The van der Waals surface area contributed by atoms with E-state index in [0.29, 0.717) is 38.5 Å². The number of nitrogens with zero attached hydrogens (tertiary/aromatic N) is 5. The lowest BCUT2D eigenvalue weighted by Crippen LogP contribution is -2.61. The molecule has 0 saturated carbocycles. The van der Waals surface area contributed by atoms with Crippen molar-refractivity contribution in [2.24, 2.45) is 4.99 Å². The van der Waals surface area contributed by atoms with Crippen LogP contribution in [0.1, 0.15) is 63.3 Å². The number of piperazine rings is 1. The van der Waals surface area contributed by atoms with Crippen LogP contribution in [0.2, 0.25) is 0 Å². The molecule has 0 radical (unpaired) electrons. The van der Waals surface area contributed by atoms with Gasteiger partial charge < -0.3 is 19.5 Å². The number of terminal acetylenes is 1. The number of carbonyl (C=O) groups is 2. The van der Waals surface area contributed by atoms with Gasteiger partial charge in [0.25, 0.3) is 0 Å². The van der Waals surface area contributed by atoms with Crippen LogP contribution >= 0.6 is 11.6 Å². The molecule has 1 aromatic heterocycles. The number of halogens is 1.